The molecule has 0 aromatic carbocycles. The predicted molar refractivity (Wildman–Crippen MR) is 74.0 cm³/mol. The molecule has 0 radical (unpaired) electrons. The van der Waals surface area contributed by atoms with Gasteiger partial charge < -0.3 is 9.64 Å². The maximum Gasteiger partial charge on any atom is 0.288 e. The smallest absolute Gasteiger partial charge is 0.288 e. The largest absolute Gasteiger partial charge is 0.380 e. The van der Waals surface area contributed by atoms with Gasteiger partial charge in [-0.2, -0.15) is 0 Å². The van der Waals surface area contributed by atoms with Crippen LogP contribution in [0.3, 0.4) is 0 Å². The summed E-state index contributed by atoms with van der Waals surface area (Å²) < 4.78 is 5.19. The van der Waals surface area contributed by atoms with E-state index in [0.717, 1.165) is 12.3 Å². The second-order valence-electron chi connectivity index (χ2n) is 3.87. The van der Waals surface area contributed by atoms with E-state index in [0.29, 0.717) is 26.3 Å². The number of pyridine rings is 1. The number of nitro groups is 1. The number of rotatable bonds is 7. The monoisotopic (exact) mass is 301 g/mol. The average Bonchev–Trinajstić information content (AvgIpc) is 2.43. The molecule has 1 aromatic rings. The molecule has 1 heterocycles. The third-order valence-corrected chi connectivity index (χ3v) is 2.95. The second kappa shape index (κ2) is 7.76. The SMILES string of the molecule is CCOCCN(CC)C(=O)c1cc([N+](=O)[O-])cnc1Cl. The molecule has 0 aliphatic rings. The first kappa shape index (κ1) is 16.3. The first-order chi connectivity index (χ1) is 9.51. The lowest BCUT2D eigenvalue weighted by molar-refractivity contribution is -0.385. The Bertz CT molecular complexity index is 496. The summed E-state index contributed by atoms with van der Waals surface area (Å²) >= 11 is 5.85. The highest BCUT2D eigenvalue weighted by Gasteiger charge is 2.21. The first-order valence-electron chi connectivity index (χ1n) is 6.18. The van der Waals surface area contributed by atoms with E-state index in [2.05, 4.69) is 4.98 Å². The number of ether oxygens (including phenoxy) is 1. The third-order valence-electron chi connectivity index (χ3n) is 2.64. The van der Waals surface area contributed by atoms with Gasteiger partial charge in [-0.3, -0.25) is 14.9 Å². The molecule has 0 bridgehead atoms. The maximum atomic E-state index is 12.3. The van der Waals surface area contributed by atoms with Crippen LogP contribution in [0.5, 0.6) is 0 Å². The molecule has 8 heteroatoms. The Morgan fingerprint density at radius 2 is 2.25 bits per heavy atom. The van der Waals surface area contributed by atoms with Crippen molar-refractivity contribution in [1.82, 2.24) is 9.88 Å². The Morgan fingerprint density at radius 3 is 2.80 bits per heavy atom. The van der Waals surface area contributed by atoms with Crippen LogP contribution < -0.4 is 0 Å². The normalized spacial score (nSPS) is 10.3. The van der Waals surface area contributed by atoms with Crippen LogP contribution in [-0.2, 0) is 4.74 Å². The zero-order valence-electron chi connectivity index (χ0n) is 11.3. The molecule has 1 amide bonds. The summed E-state index contributed by atoms with van der Waals surface area (Å²) in [5.41, 5.74) is -0.238. The van der Waals surface area contributed by atoms with Crippen LogP contribution in [0.2, 0.25) is 5.15 Å². The van der Waals surface area contributed by atoms with Gasteiger partial charge >= 0.3 is 0 Å². The van der Waals surface area contributed by atoms with Crippen LogP contribution in [-0.4, -0.2) is 47.0 Å². The van der Waals surface area contributed by atoms with Gasteiger partial charge in [0.25, 0.3) is 11.6 Å². The molecule has 0 saturated heterocycles. The summed E-state index contributed by atoms with van der Waals surface area (Å²) in [6.07, 6.45) is 1.02. The quantitative estimate of drug-likeness (QED) is 0.333. The molecule has 20 heavy (non-hydrogen) atoms. The van der Waals surface area contributed by atoms with Crippen molar-refractivity contribution in [2.24, 2.45) is 0 Å². The Balaban J connectivity index is 2.93. The van der Waals surface area contributed by atoms with Crippen LogP contribution in [0.4, 0.5) is 5.69 Å². The van der Waals surface area contributed by atoms with E-state index < -0.39 is 10.8 Å². The summed E-state index contributed by atoms with van der Waals surface area (Å²) in [7, 11) is 0. The number of likely N-dealkylation sites (N-methyl/N-ethyl adjacent to an activating group) is 1. The molecule has 0 N–H and O–H groups in total. The highest BCUT2D eigenvalue weighted by Crippen LogP contribution is 2.20. The van der Waals surface area contributed by atoms with Crippen molar-refractivity contribution in [3.8, 4) is 0 Å². The highest BCUT2D eigenvalue weighted by molar-refractivity contribution is 6.32. The zero-order valence-corrected chi connectivity index (χ0v) is 12.1. The summed E-state index contributed by atoms with van der Waals surface area (Å²) in [4.78, 5) is 27.6. The molecule has 0 spiro atoms. The predicted octanol–water partition coefficient (Wildman–Crippen LogP) is 2.14. The highest BCUT2D eigenvalue weighted by atomic mass is 35.5. The number of hydrogen-bond donors (Lipinski definition) is 0. The van der Waals surface area contributed by atoms with Gasteiger partial charge in [-0.15, -0.1) is 0 Å². The first-order valence-corrected chi connectivity index (χ1v) is 6.56. The number of hydrogen-bond acceptors (Lipinski definition) is 5. The lowest BCUT2D eigenvalue weighted by Gasteiger charge is -2.20. The molecule has 110 valence electrons. The topological polar surface area (TPSA) is 85.6 Å². The molecule has 1 aromatic heterocycles. The standard InChI is InChI=1S/C12H16ClN3O4/c1-3-15(5-6-20-4-2)12(17)10-7-9(16(18)19)8-14-11(10)13/h7-8H,3-6H2,1-2H3. The lowest BCUT2D eigenvalue weighted by Crippen LogP contribution is -2.34. The van der Waals surface area contributed by atoms with Gasteiger partial charge in [0.15, 0.2) is 0 Å². The minimum Gasteiger partial charge on any atom is -0.380 e. The fraction of sp³-hybridized carbons (Fsp3) is 0.500. The van der Waals surface area contributed by atoms with Crippen molar-refractivity contribution in [3.05, 3.63) is 33.1 Å². The molecule has 0 atom stereocenters. The molecular weight excluding hydrogens is 286 g/mol. The van der Waals surface area contributed by atoms with E-state index in [-0.39, 0.29) is 16.4 Å². The van der Waals surface area contributed by atoms with Crippen molar-refractivity contribution in [1.29, 1.82) is 0 Å². The van der Waals surface area contributed by atoms with Crippen LogP contribution in [0.25, 0.3) is 0 Å². The number of aromatic nitrogens is 1. The van der Waals surface area contributed by atoms with Gasteiger partial charge in [0.05, 0.1) is 17.1 Å². The summed E-state index contributed by atoms with van der Waals surface area (Å²) in [6.45, 7) is 5.47. The van der Waals surface area contributed by atoms with Crippen LogP contribution in [0.1, 0.15) is 24.2 Å². The fourth-order valence-electron chi connectivity index (χ4n) is 1.58. The van der Waals surface area contributed by atoms with E-state index in [1.165, 1.54) is 4.90 Å². The fourth-order valence-corrected chi connectivity index (χ4v) is 1.76. The minimum absolute atomic E-state index is 0.0271. The van der Waals surface area contributed by atoms with Crippen molar-refractivity contribution in [2.75, 3.05) is 26.3 Å². The van der Waals surface area contributed by atoms with Crippen molar-refractivity contribution in [2.45, 2.75) is 13.8 Å². The number of carbonyl (C=O) groups excluding carboxylic acids is 1. The van der Waals surface area contributed by atoms with Gasteiger partial charge in [-0.25, -0.2) is 4.98 Å². The third kappa shape index (κ3) is 4.14. The molecule has 0 unspecified atom stereocenters. The molecule has 1 rings (SSSR count). The average molecular weight is 302 g/mol. The molecule has 0 fully saturated rings. The molecule has 0 aliphatic heterocycles. The lowest BCUT2D eigenvalue weighted by atomic mass is 10.2. The Kier molecular flexibility index (Phi) is 6.33. The number of carbonyl (C=O) groups is 1. The van der Waals surface area contributed by atoms with Crippen molar-refractivity contribution >= 4 is 23.2 Å². The summed E-state index contributed by atoms with van der Waals surface area (Å²) in [5.74, 6) is -0.395. The van der Waals surface area contributed by atoms with E-state index in [1.54, 1.807) is 0 Å². The van der Waals surface area contributed by atoms with Gasteiger partial charge in [0, 0.05) is 25.8 Å². The zero-order chi connectivity index (χ0) is 15.1. The molecule has 7 nitrogen and oxygen atoms in total. The Morgan fingerprint density at radius 1 is 1.55 bits per heavy atom. The number of nitrogens with zero attached hydrogens (tertiary/aromatic N) is 3. The Labute approximate surface area is 121 Å². The van der Waals surface area contributed by atoms with E-state index >= 15 is 0 Å². The van der Waals surface area contributed by atoms with E-state index in [4.69, 9.17) is 16.3 Å². The van der Waals surface area contributed by atoms with Gasteiger partial charge in [-0.05, 0) is 13.8 Å². The summed E-state index contributed by atoms with van der Waals surface area (Å²) in [5, 5.41) is 10.7. The van der Waals surface area contributed by atoms with Gasteiger partial charge in [0.2, 0.25) is 0 Å². The van der Waals surface area contributed by atoms with Crippen LogP contribution in [0.15, 0.2) is 12.3 Å². The van der Waals surface area contributed by atoms with Crippen LogP contribution in [0, 0.1) is 10.1 Å². The van der Waals surface area contributed by atoms with Gasteiger partial charge in [-0.1, -0.05) is 11.6 Å². The second-order valence-corrected chi connectivity index (χ2v) is 4.23. The molecular formula is C12H16ClN3O4. The summed E-state index contributed by atoms with van der Waals surface area (Å²) in [6, 6.07) is 1.14. The van der Waals surface area contributed by atoms with Crippen molar-refractivity contribution in [3.63, 3.8) is 0 Å². The maximum absolute atomic E-state index is 12.3. The molecule has 0 aliphatic carbocycles. The minimum atomic E-state index is -0.614. The van der Waals surface area contributed by atoms with Crippen molar-refractivity contribution < 1.29 is 14.5 Å². The molecule has 0 saturated carbocycles. The van der Waals surface area contributed by atoms with Crippen LogP contribution >= 0.6 is 11.6 Å². The Hall–Kier alpha value is -1.73. The number of halogens is 1. The van der Waals surface area contributed by atoms with Gasteiger partial charge in [0.1, 0.15) is 11.3 Å². The van der Waals surface area contributed by atoms with E-state index in [9.17, 15) is 14.9 Å². The number of amides is 1. The van der Waals surface area contributed by atoms with E-state index in [1.807, 2.05) is 13.8 Å².